The summed E-state index contributed by atoms with van der Waals surface area (Å²) in [6.45, 7) is 2.86. The van der Waals surface area contributed by atoms with E-state index >= 15 is 0 Å². The van der Waals surface area contributed by atoms with Crippen LogP contribution < -0.4 is 10.6 Å². The first-order valence-electron chi connectivity index (χ1n) is 5.88. The van der Waals surface area contributed by atoms with E-state index in [-0.39, 0.29) is 0 Å². The summed E-state index contributed by atoms with van der Waals surface area (Å²) in [5.41, 5.74) is 2.53. The molecule has 1 unspecified atom stereocenters. The molecule has 0 bridgehead atoms. The molecule has 1 atom stereocenters. The van der Waals surface area contributed by atoms with E-state index in [4.69, 9.17) is 6.42 Å². The molecule has 1 aromatic carbocycles. The molecule has 16 heavy (non-hydrogen) atoms. The Kier molecular flexibility index (Phi) is 3.85. The van der Waals surface area contributed by atoms with Crippen LogP contribution in [0.25, 0.3) is 0 Å². The Morgan fingerprint density at radius 1 is 1.38 bits per heavy atom. The molecule has 0 radical (unpaired) electrons. The van der Waals surface area contributed by atoms with E-state index in [2.05, 4.69) is 40.8 Å². The summed E-state index contributed by atoms with van der Waals surface area (Å²) in [6.07, 6.45) is 7.78. The van der Waals surface area contributed by atoms with Gasteiger partial charge in [-0.25, -0.2) is 0 Å². The fourth-order valence-electron chi connectivity index (χ4n) is 2.16. The Bertz CT molecular complexity index is 355. The van der Waals surface area contributed by atoms with Gasteiger partial charge >= 0.3 is 0 Å². The fraction of sp³-hybridized carbons (Fsp3) is 0.429. The third kappa shape index (κ3) is 2.77. The second-order valence-electron chi connectivity index (χ2n) is 4.22. The van der Waals surface area contributed by atoms with Crippen LogP contribution in [0.15, 0.2) is 24.3 Å². The quantitative estimate of drug-likeness (QED) is 0.754. The van der Waals surface area contributed by atoms with E-state index in [0.717, 1.165) is 18.8 Å². The molecule has 1 saturated heterocycles. The Balaban J connectivity index is 1.98. The highest BCUT2D eigenvalue weighted by Crippen LogP contribution is 2.24. The van der Waals surface area contributed by atoms with Gasteiger partial charge in [-0.1, -0.05) is 18.1 Å². The van der Waals surface area contributed by atoms with E-state index < -0.39 is 0 Å². The molecule has 1 aromatic rings. The largest absolute Gasteiger partial charge is 0.374 e. The minimum absolute atomic E-state index is 0.588. The van der Waals surface area contributed by atoms with Crippen molar-refractivity contribution in [2.75, 3.05) is 25.0 Å². The minimum Gasteiger partial charge on any atom is -0.374 e. The van der Waals surface area contributed by atoms with Crippen LogP contribution in [0, 0.1) is 12.3 Å². The van der Waals surface area contributed by atoms with Gasteiger partial charge in [-0.3, -0.25) is 0 Å². The zero-order chi connectivity index (χ0) is 11.2. The molecule has 2 N–H and O–H groups in total. The molecule has 2 nitrogen and oxygen atoms in total. The number of nitrogens with one attached hydrogen (secondary N) is 2. The molecule has 0 aromatic heterocycles. The van der Waals surface area contributed by atoms with Gasteiger partial charge in [-0.05, 0) is 43.0 Å². The number of benzene rings is 1. The van der Waals surface area contributed by atoms with Crippen molar-refractivity contribution in [1.29, 1.82) is 0 Å². The fourth-order valence-corrected chi connectivity index (χ4v) is 2.16. The third-order valence-corrected chi connectivity index (χ3v) is 3.07. The van der Waals surface area contributed by atoms with Crippen molar-refractivity contribution >= 4 is 5.69 Å². The van der Waals surface area contributed by atoms with E-state index in [9.17, 15) is 0 Å². The van der Waals surface area contributed by atoms with Crippen molar-refractivity contribution in [2.45, 2.75) is 18.8 Å². The lowest BCUT2D eigenvalue weighted by molar-refractivity contribution is 0.461. The second kappa shape index (κ2) is 5.58. The summed E-state index contributed by atoms with van der Waals surface area (Å²) in [4.78, 5) is 0. The average Bonchev–Trinajstić information content (AvgIpc) is 2.38. The number of hydrogen-bond acceptors (Lipinski definition) is 2. The maximum Gasteiger partial charge on any atom is 0.0763 e. The third-order valence-electron chi connectivity index (χ3n) is 3.07. The van der Waals surface area contributed by atoms with Crippen LogP contribution in [0.2, 0.25) is 0 Å². The van der Waals surface area contributed by atoms with Gasteiger partial charge in [-0.15, -0.1) is 6.42 Å². The molecule has 0 saturated carbocycles. The van der Waals surface area contributed by atoms with Gasteiger partial charge in [0, 0.05) is 12.2 Å². The smallest absolute Gasteiger partial charge is 0.0763 e. The highest BCUT2D eigenvalue weighted by atomic mass is 14.9. The van der Waals surface area contributed by atoms with Gasteiger partial charge in [-0.2, -0.15) is 0 Å². The van der Waals surface area contributed by atoms with Gasteiger partial charge in [0.05, 0.1) is 6.54 Å². The van der Waals surface area contributed by atoms with Crippen LogP contribution in [-0.2, 0) is 0 Å². The monoisotopic (exact) mass is 214 g/mol. The Morgan fingerprint density at radius 2 is 2.19 bits per heavy atom. The maximum atomic E-state index is 5.20. The number of anilines is 1. The first-order valence-corrected chi connectivity index (χ1v) is 5.88. The van der Waals surface area contributed by atoms with Crippen LogP contribution in [0.1, 0.15) is 24.3 Å². The molecular weight excluding hydrogens is 196 g/mol. The van der Waals surface area contributed by atoms with Crippen LogP contribution in [-0.4, -0.2) is 19.6 Å². The lowest BCUT2D eigenvalue weighted by atomic mass is 9.92. The SMILES string of the molecule is C#CCNc1ccc(C2CCCNC2)cc1. The molecule has 2 heteroatoms. The molecule has 0 amide bonds. The molecule has 1 fully saturated rings. The summed E-state index contributed by atoms with van der Waals surface area (Å²) in [5.74, 6) is 3.25. The summed E-state index contributed by atoms with van der Waals surface area (Å²) >= 11 is 0. The molecule has 0 spiro atoms. The van der Waals surface area contributed by atoms with Gasteiger partial charge in [0.25, 0.3) is 0 Å². The van der Waals surface area contributed by atoms with Gasteiger partial charge in [0.2, 0.25) is 0 Å². The van der Waals surface area contributed by atoms with E-state index in [1.807, 2.05) is 0 Å². The molecule has 1 heterocycles. The summed E-state index contributed by atoms with van der Waals surface area (Å²) in [5, 5.41) is 6.61. The predicted octanol–water partition coefficient (Wildman–Crippen LogP) is 2.20. The van der Waals surface area contributed by atoms with Crippen LogP contribution >= 0.6 is 0 Å². The van der Waals surface area contributed by atoms with Gasteiger partial charge < -0.3 is 10.6 Å². The second-order valence-corrected chi connectivity index (χ2v) is 4.22. The predicted molar refractivity (Wildman–Crippen MR) is 68.6 cm³/mol. The zero-order valence-corrected chi connectivity index (χ0v) is 9.50. The number of rotatable bonds is 3. The number of piperidine rings is 1. The summed E-state index contributed by atoms with van der Waals surface area (Å²) in [7, 11) is 0. The van der Waals surface area contributed by atoms with Crippen molar-refractivity contribution in [3.63, 3.8) is 0 Å². The van der Waals surface area contributed by atoms with E-state index in [0.29, 0.717) is 12.5 Å². The Morgan fingerprint density at radius 3 is 2.81 bits per heavy atom. The van der Waals surface area contributed by atoms with Crippen molar-refractivity contribution in [3.05, 3.63) is 29.8 Å². The minimum atomic E-state index is 0.588. The van der Waals surface area contributed by atoms with Crippen molar-refractivity contribution < 1.29 is 0 Å². The standard InChI is InChI=1S/C14H18N2/c1-2-9-16-14-7-5-12(6-8-14)13-4-3-10-15-11-13/h1,5-8,13,15-16H,3-4,9-11H2. The molecule has 0 aliphatic carbocycles. The first kappa shape index (κ1) is 11.0. The topological polar surface area (TPSA) is 24.1 Å². The molecule has 2 rings (SSSR count). The average molecular weight is 214 g/mol. The molecule has 1 aliphatic rings. The molecular formula is C14H18N2. The molecule has 1 aliphatic heterocycles. The van der Waals surface area contributed by atoms with Gasteiger partial charge in [0.1, 0.15) is 0 Å². The highest BCUT2D eigenvalue weighted by Gasteiger charge is 2.14. The van der Waals surface area contributed by atoms with Crippen LogP contribution in [0.4, 0.5) is 5.69 Å². The lowest BCUT2D eigenvalue weighted by Crippen LogP contribution is -2.28. The Labute approximate surface area is 97.4 Å². The first-order chi connectivity index (χ1) is 7.90. The normalized spacial score (nSPS) is 20.1. The highest BCUT2D eigenvalue weighted by molar-refractivity contribution is 5.46. The number of terminal acetylenes is 1. The summed E-state index contributed by atoms with van der Waals surface area (Å²) < 4.78 is 0. The van der Waals surface area contributed by atoms with Gasteiger partial charge in [0.15, 0.2) is 0 Å². The summed E-state index contributed by atoms with van der Waals surface area (Å²) in [6, 6.07) is 8.63. The van der Waals surface area contributed by atoms with Crippen LogP contribution in [0.3, 0.4) is 0 Å². The molecule has 84 valence electrons. The van der Waals surface area contributed by atoms with Crippen molar-refractivity contribution in [1.82, 2.24) is 5.32 Å². The Hall–Kier alpha value is -1.46. The van der Waals surface area contributed by atoms with Crippen molar-refractivity contribution in [3.8, 4) is 12.3 Å². The van der Waals surface area contributed by atoms with E-state index in [1.165, 1.54) is 18.4 Å². The van der Waals surface area contributed by atoms with Crippen LogP contribution in [0.5, 0.6) is 0 Å². The van der Waals surface area contributed by atoms with E-state index in [1.54, 1.807) is 0 Å². The number of hydrogen-bond donors (Lipinski definition) is 2. The zero-order valence-electron chi connectivity index (χ0n) is 9.50. The maximum absolute atomic E-state index is 5.20. The lowest BCUT2D eigenvalue weighted by Gasteiger charge is -2.23. The van der Waals surface area contributed by atoms with Crippen molar-refractivity contribution in [2.24, 2.45) is 0 Å².